The molecule has 46 heavy (non-hydrogen) atoms. The van der Waals surface area contributed by atoms with Crippen LogP contribution in [0.3, 0.4) is 0 Å². The van der Waals surface area contributed by atoms with Crippen LogP contribution in [0.25, 0.3) is 0 Å². The first-order valence-electron chi connectivity index (χ1n) is 19.7. The standard InChI is InChI=1S/C40H74O6/c1-4-5-6-7-19-24-29-37-38(46-37)30-25-20-17-22-26-31-39(42)44-34-36(33-41)45-40(43)32-27-21-16-14-12-10-8-9-11-13-15-18-23-28-35(2)3/h19,24,35-38,41H,4-18,20-23,25-34H2,1-3H3/b24-19-/t36-,37?,38?/m0/s1. The van der Waals surface area contributed by atoms with Gasteiger partial charge in [-0.1, -0.05) is 155 Å². The lowest BCUT2D eigenvalue weighted by molar-refractivity contribution is -0.161. The highest BCUT2D eigenvalue weighted by atomic mass is 16.6. The minimum Gasteiger partial charge on any atom is -0.462 e. The van der Waals surface area contributed by atoms with Crippen LogP contribution in [-0.2, 0) is 23.8 Å². The third-order valence-electron chi connectivity index (χ3n) is 9.16. The van der Waals surface area contributed by atoms with E-state index in [1.807, 2.05) is 0 Å². The molecule has 1 saturated heterocycles. The molecular weight excluding hydrogens is 576 g/mol. The molecule has 6 nitrogen and oxygen atoms in total. The normalized spacial score (nSPS) is 16.7. The smallest absolute Gasteiger partial charge is 0.306 e. The molecule has 0 bridgehead atoms. The van der Waals surface area contributed by atoms with Gasteiger partial charge in [-0.25, -0.2) is 0 Å². The fraction of sp³-hybridized carbons (Fsp3) is 0.900. The van der Waals surface area contributed by atoms with Crippen molar-refractivity contribution in [2.45, 2.75) is 212 Å². The molecule has 1 N–H and O–H groups in total. The average molecular weight is 651 g/mol. The SMILES string of the molecule is CCCCC/C=C\CC1OC1CCCCCCCC(=O)OC[C@H](CO)OC(=O)CCCCCCCCCCCCCCCC(C)C. The molecule has 0 saturated carbocycles. The summed E-state index contributed by atoms with van der Waals surface area (Å²) in [7, 11) is 0. The Morgan fingerprint density at radius 1 is 0.674 bits per heavy atom. The van der Waals surface area contributed by atoms with Crippen molar-refractivity contribution >= 4 is 11.9 Å². The maximum Gasteiger partial charge on any atom is 0.306 e. The highest BCUT2D eigenvalue weighted by Gasteiger charge is 2.36. The number of allylic oxidation sites excluding steroid dienone is 1. The fourth-order valence-corrected chi connectivity index (χ4v) is 6.04. The Labute approximate surface area is 284 Å². The Kier molecular flexibility index (Phi) is 28.6. The quantitative estimate of drug-likeness (QED) is 0.0323. The van der Waals surface area contributed by atoms with Gasteiger partial charge < -0.3 is 19.3 Å². The van der Waals surface area contributed by atoms with E-state index in [1.54, 1.807) is 0 Å². The van der Waals surface area contributed by atoms with E-state index in [9.17, 15) is 14.7 Å². The third-order valence-corrected chi connectivity index (χ3v) is 9.16. The molecule has 0 spiro atoms. The molecule has 0 aromatic heterocycles. The molecule has 1 heterocycles. The number of carbonyl (C=O) groups is 2. The Morgan fingerprint density at radius 3 is 1.78 bits per heavy atom. The Balaban J connectivity index is 1.87. The van der Waals surface area contributed by atoms with Crippen molar-refractivity contribution in [1.29, 1.82) is 0 Å². The van der Waals surface area contributed by atoms with Crippen LogP contribution in [0.4, 0.5) is 0 Å². The van der Waals surface area contributed by atoms with Gasteiger partial charge >= 0.3 is 11.9 Å². The van der Waals surface area contributed by atoms with Crippen LogP contribution >= 0.6 is 0 Å². The lowest BCUT2D eigenvalue weighted by Gasteiger charge is -2.15. The molecule has 2 unspecified atom stereocenters. The van der Waals surface area contributed by atoms with Crippen LogP contribution in [0.2, 0.25) is 0 Å². The average Bonchev–Trinajstić information content (AvgIpc) is 3.79. The van der Waals surface area contributed by atoms with E-state index in [-0.39, 0.29) is 25.2 Å². The number of carbonyl (C=O) groups excluding carboxylic acids is 2. The van der Waals surface area contributed by atoms with Gasteiger partial charge in [0.1, 0.15) is 6.61 Å². The molecule has 0 amide bonds. The van der Waals surface area contributed by atoms with E-state index in [2.05, 4.69) is 32.9 Å². The first-order chi connectivity index (χ1) is 22.5. The molecular formula is C40H74O6. The van der Waals surface area contributed by atoms with Crippen LogP contribution in [0.1, 0.15) is 194 Å². The highest BCUT2D eigenvalue weighted by Crippen LogP contribution is 2.30. The summed E-state index contributed by atoms with van der Waals surface area (Å²) in [6.45, 7) is 6.45. The molecule has 270 valence electrons. The molecule has 0 radical (unpaired) electrons. The number of unbranched alkanes of at least 4 members (excludes halogenated alkanes) is 19. The fourth-order valence-electron chi connectivity index (χ4n) is 6.04. The van der Waals surface area contributed by atoms with Crippen LogP contribution in [0.5, 0.6) is 0 Å². The van der Waals surface area contributed by atoms with Gasteiger partial charge in [-0.05, 0) is 44.4 Å². The summed E-state index contributed by atoms with van der Waals surface area (Å²) in [4.78, 5) is 24.3. The van der Waals surface area contributed by atoms with Gasteiger partial charge in [-0.15, -0.1) is 0 Å². The predicted molar refractivity (Wildman–Crippen MR) is 191 cm³/mol. The highest BCUT2D eigenvalue weighted by molar-refractivity contribution is 5.70. The van der Waals surface area contributed by atoms with E-state index in [1.165, 1.54) is 103 Å². The van der Waals surface area contributed by atoms with Crippen LogP contribution < -0.4 is 0 Å². The zero-order chi connectivity index (χ0) is 33.5. The number of hydrogen-bond donors (Lipinski definition) is 1. The molecule has 1 rings (SSSR count). The van der Waals surface area contributed by atoms with Gasteiger partial charge in [0.25, 0.3) is 0 Å². The molecule has 6 heteroatoms. The van der Waals surface area contributed by atoms with Gasteiger partial charge in [0.05, 0.1) is 18.8 Å². The molecule has 1 fully saturated rings. The van der Waals surface area contributed by atoms with Crippen molar-refractivity contribution in [1.82, 2.24) is 0 Å². The number of hydrogen-bond acceptors (Lipinski definition) is 6. The minimum atomic E-state index is -0.776. The maximum atomic E-state index is 12.2. The molecule has 1 aliphatic rings. The van der Waals surface area contributed by atoms with E-state index in [4.69, 9.17) is 14.2 Å². The topological polar surface area (TPSA) is 85.4 Å². The van der Waals surface area contributed by atoms with E-state index in [0.717, 1.165) is 63.7 Å². The summed E-state index contributed by atoms with van der Waals surface area (Å²) in [5, 5.41) is 9.56. The van der Waals surface area contributed by atoms with E-state index < -0.39 is 6.10 Å². The lowest BCUT2D eigenvalue weighted by Crippen LogP contribution is -2.28. The Bertz CT molecular complexity index is 735. The van der Waals surface area contributed by atoms with Gasteiger partial charge in [-0.3, -0.25) is 9.59 Å². The number of epoxide rings is 1. The minimum absolute atomic E-state index is 0.0737. The Morgan fingerprint density at radius 2 is 1.22 bits per heavy atom. The molecule has 0 aromatic rings. The van der Waals surface area contributed by atoms with Gasteiger partial charge in [0.2, 0.25) is 0 Å². The molecule has 3 atom stereocenters. The van der Waals surface area contributed by atoms with Crippen molar-refractivity contribution in [3.63, 3.8) is 0 Å². The van der Waals surface area contributed by atoms with E-state index >= 15 is 0 Å². The second kappa shape index (κ2) is 30.9. The first kappa shape index (κ1) is 42.6. The largest absolute Gasteiger partial charge is 0.462 e. The number of ether oxygens (including phenoxy) is 3. The zero-order valence-corrected chi connectivity index (χ0v) is 30.5. The van der Waals surface area contributed by atoms with Crippen molar-refractivity contribution in [3.8, 4) is 0 Å². The molecule has 1 aliphatic heterocycles. The van der Waals surface area contributed by atoms with Crippen LogP contribution in [-0.4, -0.2) is 48.6 Å². The number of aliphatic hydroxyl groups is 1. The first-order valence-corrected chi connectivity index (χ1v) is 19.7. The van der Waals surface area contributed by atoms with Crippen molar-refractivity contribution in [2.24, 2.45) is 5.92 Å². The van der Waals surface area contributed by atoms with Crippen molar-refractivity contribution in [2.75, 3.05) is 13.2 Å². The summed E-state index contributed by atoms with van der Waals surface area (Å²) in [5.74, 6) is 0.236. The lowest BCUT2D eigenvalue weighted by atomic mass is 10.0. The summed E-state index contributed by atoms with van der Waals surface area (Å²) >= 11 is 0. The second-order valence-electron chi connectivity index (χ2n) is 14.2. The zero-order valence-electron chi connectivity index (χ0n) is 30.5. The maximum absolute atomic E-state index is 12.2. The van der Waals surface area contributed by atoms with Crippen LogP contribution in [0.15, 0.2) is 12.2 Å². The molecule has 0 aromatic carbocycles. The summed E-state index contributed by atoms with van der Waals surface area (Å²) in [6.07, 6.45) is 35.8. The van der Waals surface area contributed by atoms with Gasteiger partial charge in [0.15, 0.2) is 6.10 Å². The third kappa shape index (κ3) is 27.7. The Hall–Kier alpha value is -1.40. The summed E-state index contributed by atoms with van der Waals surface area (Å²) < 4.78 is 16.4. The monoisotopic (exact) mass is 651 g/mol. The van der Waals surface area contributed by atoms with Crippen LogP contribution in [0, 0.1) is 5.92 Å². The second-order valence-corrected chi connectivity index (χ2v) is 14.2. The predicted octanol–water partition coefficient (Wildman–Crippen LogP) is 11.0. The van der Waals surface area contributed by atoms with Gasteiger partial charge in [-0.2, -0.15) is 0 Å². The number of aliphatic hydroxyl groups excluding tert-OH is 1. The number of esters is 2. The van der Waals surface area contributed by atoms with E-state index in [0.29, 0.717) is 25.0 Å². The molecule has 0 aliphatic carbocycles. The van der Waals surface area contributed by atoms with Crippen molar-refractivity contribution < 1.29 is 28.9 Å². The van der Waals surface area contributed by atoms with Gasteiger partial charge in [0, 0.05) is 12.8 Å². The van der Waals surface area contributed by atoms with Crippen molar-refractivity contribution in [3.05, 3.63) is 12.2 Å². The number of rotatable bonds is 34. The summed E-state index contributed by atoms with van der Waals surface area (Å²) in [6, 6.07) is 0. The summed E-state index contributed by atoms with van der Waals surface area (Å²) in [5.41, 5.74) is 0.